The van der Waals surface area contributed by atoms with Crippen molar-refractivity contribution < 1.29 is 23.8 Å². The van der Waals surface area contributed by atoms with E-state index in [1.54, 1.807) is 0 Å². The molecule has 0 fully saturated rings. The van der Waals surface area contributed by atoms with Crippen LogP contribution in [-0.2, 0) is 20.8 Å². The number of oxime groups is 1. The van der Waals surface area contributed by atoms with E-state index in [9.17, 15) is 4.79 Å². The highest BCUT2D eigenvalue weighted by atomic mass is 16.7. The third-order valence-corrected chi connectivity index (χ3v) is 8.92. The number of carbonyl (C=O) groups excluding carboxylic acids is 1. The first-order valence-electron chi connectivity index (χ1n) is 16.7. The smallest absolute Gasteiger partial charge is 0.308 e. The van der Waals surface area contributed by atoms with Crippen molar-refractivity contribution in [3.63, 3.8) is 0 Å². The lowest BCUT2D eigenvalue weighted by Gasteiger charge is -2.38. The summed E-state index contributed by atoms with van der Waals surface area (Å²) < 4.78 is 18.5. The van der Waals surface area contributed by atoms with Crippen molar-refractivity contribution in [2.45, 2.75) is 162 Å². The van der Waals surface area contributed by atoms with Crippen molar-refractivity contribution in [1.82, 2.24) is 0 Å². The molecule has 0 saturated carbocycles. The molecule has 0 bridgehead atoms. The summed E-state index contributed by atoms with van der Waals surface area (Å²) in [5, 5.41) is 4.35. The van der Waals surface area contributed by atoms with Crippen LogP contribution in [0.5, 0.6) is 11.5 Å². The van der Waals surface area contributed by atoms with Crippen LogP contribution >= 0.6 is 0 Å². The number of unbranched alkanes of at least 4 members (excludes halogenated alkanes) is 13. The Hall–Kier alpha value is -2.08. The molecule has 1 unspecified atom stereocenters. The zero-order chi connectivity index (χ0) is 29.7. The Bertz CT molecular complexity index is 1000. The van der Waals surface area contributed by atoms with Crippen LogP contribution < -0.4 is 9.47 Å². The Labute approximate surface area is 249 Å². The van der Waals surface area contributed by atoms with E-state index in [-0.39, 0.29) is 17.7 Å². The monoisotopic (exact) mass is 571 g/mol. The third-order valence-electron chi connectivity index (χ3n) is 8.92. The minimum atomic E-state index is -0.347. The molecule has 232 valence electrons. The van der Waals surface area contributed by atoms with E-state index < -0.39 is 0 Å². The fraction of sp³-hybridized carbons (Fsp3) is 0.771. The second kappa shape index (κ2) is 17.1. The van der Waals surface area contributed by atoms with Gasteiger partial charge in [-0.15, -0.1) is 0 Å². The van der Waals surface area contributed by atoms with E-state index in [0.717, 1.165) is 47.3 Å². The lowest BCUT2D eigenvalue weighted by Crippen LogP contribution is -2.38. The molecule has 6 heteroatoms. The van der Waals surface area contributed by atoms with Gasteiger partial charge in [0.1, 0.15) is 35.5 Å². The van der Waals surface area contributed by atoms with Gasteiger partial charge in [-0.1, -0.05) is 95.6 Å². The average Bonchev–Trinajstić information content (AvgIpc) is 3.40. The van der Waals surface area contributed by atoms with Crippen molar-refractivity contribution >= 4 is 11.7 Å². The summed E-state index contributed by atoms with van der Waals surface area (Å²) in [6, 6.07) is 0. The summed E-state index contributed by atoms with van der Waals surface area (Å²) in [5.74, 6) is 1.12. The molecule has 2 atom stereocenters. The maximum absolute atomic E-state index is 12.1. The molecule has 0 aliphatic carbocycles. The number of hydrogen-bond acceptors (Lipinski definition) is 6. The third kappa shape index (κ3) is 9.73. The van der Waals surface area contributed by atoms with Gasteiger partial charge in [0.15, 0.2) is 0 Å². The number of fused-ring (bicyclic) bond motifs is 1. The van der Waals surface area contributed by atoms with Crippen LogP contribution in [0.3, 0.4) is 0 Å². The first kappa shape index (κ1) is 33.4. The first-order chi connectivity index (χ1) is 19.8. The van der Waals surface area contributed by atoms with Gasteiger partial charge in [0, 0.05) is 19.1 Å². The summed E-state index contributed by atoms with van der Waals surface area (Å²) in [7, 11) is 0. The van der Waals surface area contributed by atoms with Crippen molar-refractivity contribution in [2.75, 3.05) is 13.2 Å². The van der Waals surface area contributed by atoms with E-state index in [4.69, 9.17) is 19.0 Å². The van der Waals surface area contributed by atoms with Crippen molar-refractivity contribution in [1.29, 1.82) is 0 Å². The fourth-order valence-electron chi connectivity index (χ4n) is 6.33. The molecular formula is C35H57NO5. The molecule has 1 aromatic rings. The fourth-order valence-corrected chi connectivity index (χ4v) is 6.33. The van der Waals surface area contributed by atoms with E-state index in [1.807, 2.05) is 13.8 Å². The quantitative estimate of drug-likeness (QED) is 0.0940. The molecule has 0 N–H and O–H groups in total. The molecule has 2 aliphatic rings. The minimum Gasteiger partial charge on any atom is -0.487 e. The highest BCUT2D eigenvalue weighted by molar-refractivity contribution is 6.09. The highest BCUT2D eigenvalue weighted by Crippen LogP contribution is 2.46. The molecule has 41 heavy (non-hydrogen) atoms. The van der Waals surface area contributed by atoms with Gasteiger partial charge in [0.05, 0.1) is 5.56 Å². The highest BCUT2D eigenvalue weighted by Gasteiger charge is 2.39. The van der Waals surface area contributed by atoms with Gasteiger partial charge in [0.2, 0.25) is 0 Å². The van der Waals surface area contributed by atoms with Crippen molar-refractivity contribution in [3.05, 3.63) is 22.3 Å². The number of carbonyl (C=O) groups is 1. The molecule has 0 aromatic heterocycles. The topological polar surface area (TPSA) is 66.4 Å². The first-order valence-corrected chi connectivity index (χ1v) is 16.7. The number of esters is 1. The molecule has 2 aliphatic heterocycles. The maximum atomic E-state index is 12.1. The summed E-state index contributed by atoms with van der Waals surface area (Å²) in [6.45, 7) is 12.9. The van der Waals surface area contributed by atoms with Crippen LogP contribution in [0.4, 0.5) is 0 Å². The lowest BCUT2D eigenvalue weighted by atomic mass is 9.82. The molecule has 0 amide bonds. The number of rotatable bonds is 19. The van der Waals surface area contributed by atoms with Crippen LogP contribution in [0.15, 0.2) is 5.16 Å². The second-order valence-electron chi connectivity index (χ2n) is 12.5. The van der Waals surface area contributed by atoms with Crippen LogP contribution in [0.2, 0.25) is 0 Å². The van der Waals surface area contributed by atoms with Crippen molar-refractivity contribution in [2.24, 2.45) is 5.16 Å². The summed E-state index contributed by atoms with van der Waals surface area (Å²) in [5.41, 5.74) is 4.29. The molecule has 6 nitrogen and oxygen atoms in total. The molecular weight excluding hydrogens is 514 g/mol. The van der Waals surface area contributed by atoms with Crippen LogP contribution in [0, 0.1) is 13.8 Å². The van der Waals surface area contributed by atoms with Crippen LogP contribution in [0.25, 0.3) is 0 Å². The normalized spacial score (nSPS) is 19.9. The van der Waals surface area contributed by atoms with Crippen LogP contribution in [-0.4, -0.2) is 36.6 Å². The van der Waals surface area contributed by atoms with Gasteiger partial charge in [-0.2, -0.15) is 0 Å². The molecule has 2 heterocycles. The second-order valence-corrected chi connectivity index (χ2v) is 12.5. The molecule has 0 saturated heterocycles. The van der Waals surface area contributed by atoms with Gasteiger partial charge in [0.25, 0.3) is 0 Å². The largest absolute Gasteiger partial charge is 0.487 e. The standard InChI is InChI=1S/C35H57NO5/c1-7-9-10-11-12-13-14-15-16-17-18-19-20-21-23-35(6)24-22-29-31(32-30(38-8-2)25-39-36-32)34(40-28(5)37)27(4)26(3)33(29)41-35/h30H,7-25H2,1-6H3/t30-,35?/m1/s1. The lowest BCUT2D eigenvalue weighted by molar-refractivity contribution is -0.131. The number of benzene rings is 1. The number of nitrogens with zero attached hydrogens (tertiary/aromatic N) is 1. The Morgan fingerprint density at radius 1 is 0.902 bits per heavy atom. The average molecular weight is 572 g/mol. The number of hydrogen-bond donors (Lipinski definition) is 0. The molecule has 3 rings (SSSR count). The Kier molecular flexibility index (Phi) is 14.0. The molecule has 0 spiro atoms. The van der Waals surface area contributed by atoms with Crippen LogP contribution in [0.1, 0.15) is 153 Å². The number of ether oxygens (including phenoxy) is 3. The van der Waals surface area contributed by atoms with Crippen molar-refractivity contribution in [3.8, 4) is 11.5 Å². The Morgan fingerprint density at radius 3 is 2.05 bits per heavy atom. The van der Waals surface area contributed by atoms with E-state index >= 15 is 0 Å². The van der Waals surface area contributed by atoms with E-state index in [1.165, 1.54) is 96.8 Å². The van der Waals surface area contributed by atoms with Gasteiger partial charge in [-0.25, -0.2) is 0 Å². The SMILES string of the molecule is CCCCCCCCCCCCCCCCC1(C)CCc2c(c(C)c(C)c(OC(C)=O)c2C2=NOC[C@H]2OCC)O1. The predicted molar refractivity (Wildman–Crippen MR) is 167 cm³/mol. The summed E-state index contributed by atoms with van der Waals surface area (Å²) in [4.78, 5) is 17.5. The van der Waals surface area contributed by atoms with Gasteiger partial charge in [-0.3, -0.25) is 4.79 Å². The summed E-state index contributed by atoms with van der Waals surface area (Å²) >= 11 is 0. The Morgan fingerprint density at radius 2 is 1.49 bits per heavy atom. The van der Waals surface area contributed by atoms with Gasteiger partial charge in [-0.05, 0) is 64.5 Å². The van der Waals surface area contributed by atoms with E-state index in [0.29, 0.717) is 24.7 Å². The minimum absolute atomic E-state index is 0.200. The molecule has 0 radical (unpaired) electrons. The van der Waals surface area contributed by atoms with Gasteiger partial charge < -0.3 is 19.0 Å². The van der Waals surface area contributed by atoms with Gasteiger partial charge >= 0.3 is 5.97 Å². The summed E-state index contributed by atoms with van der Waals surface area (Å²) in [6.07, 6.45) is 21.7. The zero-order valence-electron chi connectivity index (χ0n) is 27.0. The predicted octanol–water partition coefficient (Wildman–Crippen LogP) is 9.32. The maximum Gasteiger partial charge on any atom is 0.308 e. The van der Waals surface area contributed by atoms with E-state index in [2.05, 4.69) is 25.9 Å². The zero-order valence-corrected chi connectivity index (χ0v) is 27.0. The molecule has 1 aromatic carbocycles. The Balaban J connectivity index is 1.52.